The number of rotatable bonds is 16. The molecule has 22 heavy (non-hydrogen) atoms. The second kappa shape index (κ2) is 15.1. The lowest BCUT2D eigenvalue weighted by Crippen LogP contribution is -2.11. The van der Waals surface area contributed by atoms with Crippen molar-refractivity contribution in [1.82, 2.24) is 0 Å². The maximum absolute atomic E-state index is 11.0. The lowest BCUT2D eigenvalue weighted by Gasteiger charge is -2.15. The highest BCUT2D eigenvalue weighted by Gasteiger charge is 2.16. The van der Waals surface area contributed by atoms with Crippen molar-refractivity contribution in [3.8, 4) is 0 Å². The molecule has 130 valence electrons. The molecule has 1 N–H and O–H groups in total. The fourth-order valence-electron chi connectivity index (χ4n) is 3.07. The van der Waals surface area contributed by atoms with Gasteiger partial charge in [-0.25, -0.2) is 4.79 Å². The van der Waals surface area contributed by atoms with Crippen LogP contribution in [0, 0.1) is 5.92 Å². The Morgan fingerprint density at radius 3 is 1.64 bits per heavy atom. The third-order valence-electron chi connectivity index (χ3n) is 4.56. The van der Waals surface area contributed by atoms with Crippen LogP contribution in [0.2, 0.25) is 0 Å². The van der Waals surface area contributed by atoms with Gasteiger partial charge in [-0.3, -0.25) is 0 Å². The van der Waals surface area contributed by atoms with E-state index in [-0.39, 0.29) is 5.92 Å². The summed E-state index contributed by atoms with van der Waals surface area (Å²) in [5, 5.41) is 9.06. The normalized spacial score (nSPS) is 12.3. The summed E-state index contributed by atoms with van der Waals surface area (Å²) in [5.74, 6) is -0.636. The molecule has 0 radical (unpaired) electrons. The monoisotopic (exact) mass is 310 g/mol. The van der Waals surface area contributed by atoms with E-state index in [0.717, 1.165) is 25.7 Å². The Balaban J connectivity index is 3.50. The number of hydrogen-bond donors (Lipinski definition) is 1. The van der Waals surface area contributed by atoms with Crippen LogP contribution >= 0.6 is 0 Å². The van der Waals surface area contributed by atoms with Crippen LogP contribution in [0.1, 0.15) is 104 Å². The number of carbonyl (C=O) groups is 1. The summed E-state index contributed by atoms with van der Waals surface area (Å²) < 4.78 is 0. The van der Waals surface area contributed by atoms with Crippen LogP contribution in [0.25, 0.3) is 0 Å². The molecule has 0 aliphatic carbocycles. The lowest BCUT2D eigenvalue weighted by molar-refractivity contribution is -0.133. The average Bonchev–Trinajstić information content (AvgIpc) is 2.50. The van der Waals surface area contributed by atoms with Crippen molar-refractivity contribution in [2.24, 2.45) is 5.92 Å². The van der Waals surface area contributed by atoms with Crippen LogP contribution < -0.4 is 0 Å². The molecule has 0 aromatic rings. The van der Waals surface area contributed by atoms with Gasteiger partial charge in [0.1, 0.15) is 0 Å². The highest BCUT2D eigenvalue weighted by atomic mass is 16.4. The predicted octanol–water partition coefficient (Wildman–Crippen LogP) is 6.74. The molecule has 0 aliphatic heterocycles. The Labute approximate surface area is 138 Å². The van der Waals surface area contributed by atoms with E-state index in [2.05, 4.69) is 20.4 Å². The van der Waals surface area contributed by atoms with Crippen LogP contribution in [0.5, 0.6) is 0 Å². The van der Waals surface area contributed by atoms with E-state index in [0.29, 0.717) is 5.57 Å². The van der Waals surface area contributed by atoms with Crippen molar-refractivity contribution in [3.63, 3.8) is 0 Å². The first kappa shape index (κ1) is 21.2. The van der Waals surface area contributed by atoms with Crippen LogP contribution in [-0.4, -0.2) is 11.1 Å². The number of hydrogen-bond acceptors (Lipinski definition) is 1. The molecule has 0 saturated heterocycles. The number of unbranched alkanes of at least 4 members (excludes halogenated alkanes) is 10. The summed E-state index contributed by atoms with van der Waals surface area (Å²) in [6, 6.07) is 0. The topological polar surface area (TPSA) is 37.3 Å². The van der Waals surface area contributed by atoms with Crippen LogP contribution in [0.3, 0.4) is 0 Å². The first-order chi connectivity index (χ1) is 10.6. The molecule has 0 amide bonds. The molecular formula is C20H38O2. The zero-order valence-electron chi connectivity index (χ0n) is 15.0. The van der Waals surface area contributed by atoms with Crippen molar-refractivity contribution in [3.05, 3.63) is 12.2 Å². The molecule has 0 saturated carbocycles. The van der Waals surface area contributed by atoms with E-state index in [1.807, 2.05) is 0 Å². The van der Waals surface area contributed by atoms with E-state index in [4.69, 9.17) is 5.11 Å². The second-order valence-corrected chi connectivity index (χ2v) is 6.64. The molecule has 0 aromatic carbocycles. The summed E-state index contributed by atoms with van der Waals surface area (Å²) in [6.45, 7) is 8.12. The maximum atomic E-state index is 11.0. The smallest absolute Gasteiger partial charge is 0.331 e. The van der Waals surface area contributed by atoms with Gasteiger partial charge in [0.25, 0.3) is 0 Å². The SMILES string of the molecule is C=C(C(=O)O)C(CCC)CCCCCCCCCCCCC. The fourth-order valence-corrected chi connectivity index (χ4v) is 3.07. The first-order valence-corrected chi connectivity index (χ1v) is 9.55. The Kier molecular flexibility index (Phi) is 14.6. The Hall–Kier alpha value is -0.790. The highest BCUT2D eigenvalue weighted by molar-refractivity contribution is 5.86. The predicted molar refractivity (Wildman–Crippen MR) is 96.3 cm³/mol. The molecule has 1 atom stereocenters. The molecule has 0 aromatic heterocycles. The summed E-state index contributed by atoms with van der Waals surface area (Å²) in [5.41, 5.74) is 0.411. The largest absolute Gasteiger partial charge is 0.478 e. The van der Waals surface area contributed by atoms with Gasteiger partial charge in [0.05, 0.1) is 0 Å². The van der Waals surface area contributed by atoms with Crippen molar-refractivity contribution in [2.75, 3.05) is 0 Å². The molecule has 0 spiro atoms. The molecule has 0 fully saturated rings. The molecule has 0 aliphatic rings. The van der Waals surface area contributed by atoms with Gasteiger partial charge < -0.3 is 5.11 Å². The second-order valence-electron chi connectivity index (χ2n) is 6.64. The zero-order chi connectivity index (χ0) is 16.6. The Morgan fingerprint density at radius 1 is 0.773 bits per heavy atom. The molecule has 1 unspecified atom stereocenters. The Morgan fingerprint density at radius 2 is 1.23 bits per heavy atom. The third kappa shape index (κ3) is 11.8. The molecule has 2 heteroatoms. The zero-order valence-corrected chi connectivity index (χ0v) is 15.0. The summed E-state index contributed by atoms with van der Waals surface area (Å²) in [6.07, 6.45) is 17.7. The van der Waals surface area contributed by atoms with Gasteiger partial charge in [-0.1, -0.05) is 97.5 Å². The van der Waals surface area contributed by atoms with Gasteiger partial charge in [0.15, 0.2) is 0 Å². The van der Waals surface area contributed by atoms with E-state index in [1.165, 1.54) is 64.2 Å². The van der Waals surface area contributed by atoms with Crippen molar-refractivity contribution >= 4 is 5.97 Å². The molecule has 2 nitrogen and oxygen atoms in total. The van der Waals surface area contributed by atoms with E-state index in [9.17, 15) is 4.79 Å². The lowest BCUT2D eigenvalue weighted by atomic mass is 9.90. The van der Waals surface area contributed by atoms with Crippen LogP contribution in [0.15, 0.2) is 12.2 Å². The van der Waals surface area contributed by atoms with Crippen LogP contribution in [-0.2, 0) is 4.79 Å². The minimum atomic E-state index is -0.818. The average molecular weight is 311 g/mol. The number of carboxylic acid groups (broad SMARTS) is 1. The molecule has 0 bridgehead atoms. The van der Waals surface area contributed by atoms with Gasteiger partial charge in [-0.15, -0.1) is 0 Å². The van der Waals surface area contributed by atoms with Gasteiger partial charge in [0.2, 0.25) is 0 Å². The maximum Gasteiger partial charge on any atom is 0.331 e. The summed E-state index contributed by atoms with van der Waals surface area (Å²) in [4.78, 5) is 11.0. The minimum absolute atomic E-state index is 0.182. The van der Waals surface area contributed by atoms with Gasteiger partial charge >= 0.3 is 5.97 Å². The number of aliphatic carboxylic acids is 1. The van der Waals surface area contributed by atoms with Gasteiger partial charge in [-0.05, 0) is 18.8 Å². The van der Waals surface area contributed by atoms with Crippen molar-refractivity contribution < 1.29 is 9.90 Å². The highest BCUT2D eigenvalue weighted by Crippen LogP contribution is 2.23. The third-order valence-corrected chi connectivity index (χ3v) is 4.56. The van der Waals surface area contributed by atoms with Crippen molar-refractivity contribution in [1.29, 1.82) is 0 Å². The number of carboxylic acids is 1. The fraction of sp³-hybridized carbons (Fsp3) is 0.850. The summed E-state index contributed by atoms with van der Waals surface area (Å²) >= 11 is 0. The Bertz CT molecular complexity index is 283. The molecular weight excluding hydrogens is 272 g/mol. The van der Waals surface area contributed by atoms with Gasteiger partial charge in [0, 0.05) is 5.57 Å². The van der Waals surface area contributed by atoms with Gasteiger partial charge in [-0.2, -0.15) is 0 Å². The first-order valence-electron chi connectivity index (χ1n) is 9.55. The quantitative estimate of drug-likeness (QED) is 0.253. The van der Waals surface area contributed by atoms with E-state index >= 15 is 0 Å². The summed E-state index contributed by atoms with van der Waals surface area (Å²) in [7, 11) is 0. The van der Waals surface area contributed by atoms with Crippen molar-refractivity contribution in [2.45, 2.75) is 104 Å². The van der Waals surface area contributed by atoms with Crippen LogP contribution in [0.4, 0.5) is 0 Å². The molecule has 0 heterocycles. The molecule has 0 rings (SSSR count). The van der Waals surface area contributed by atoms with E-state index < -0.39 is 5.97 Å². The minimum Gasteiger partial charge on any atom is -0.478 e. The van der Waals surface area contributed by atoms with E-state index in [1.54, 1.807) is 0 Å². The standard InChI is InChI=1S/C20H38O2/c1-4-6-7-8-9-10-11-12-13-14-15-17-19(16-5-2)18(3)20(21)22/h19H,3-17H2,1-2H3,(H,21,22).